The molecular formula is C14H16S. The largest absolute Gasteiger partial charge is 0.0978 e. The van der Waals surface area contributed by atoms with Crippen molar-refractivity contribution in [2.24, 2.45) is 5.92 Å². The molecule has 1 aliphatic rings. The molecule has 1 heteroatoms. The molecule has 0 bridgehead atoms. The summed E-state index contributed by atoms with van der Waals surface area (Å²) in [5, 5.41) is 2.22. The van der Waals surface area contributed by atoms with Gasteiger partial charge in [0.15, 0.2) is 0 Å². The Morgan fingerprint density at radius 3 is 2.67 bits per heavy atom. The third-order valence-electron chi connectivity index (χ3n) is 2.91. The lowest BCUT2D eigenvalue weighted by Gasteiger charge is -2.13. The van der Waals surface area contributed by atoms with E-state index in [1.807, 2.05) is 11.8 Å². The summed E-state index contributed by atoms with van der Waals surface area (Å²) >= 11 is 1.85. The maximum absolute atomic E-state index is 2.30. The SMILES string of the molecule is CC1=C(c2ccccc2)SC=CCC1C. The van der Waals surface area contributed by atoms with Crippen molar-refractivity contribution in [1.29, 1.82) is 0 Å². The minimum Gasteiger partial charge on any atom is -0.0978 e. The molecular weight excluding hydrogens is 200 g/mol. The number of benzene rings is 1. The molecule has 0 saturated heterocycles. The van der Waals surface area contributed by atoms with Gasteiger partial charge in [0.25, 0.3) is 0 Å². The standard InChI is InChI=1S/C14H16S/c1-11-7-6-10-15-14(12(11)2)13-8-4-3-5-9-13/h3-6,8-11H,7H2,1-2H3. The van der Waals surface area contributed by atoms with Crippen LogP contribution in [0.3, 0.4) is 0 Å². The van der Waals surface area contributed by atoms with Crippen LogP contribution in [0.4, 0.5) is 0 Å². The summed E-state index contributed by atoms with van der Waals surface area (Å²) in [4.78, 5) is 1.43. The molecule has 1 aliphatic heterocycles. The molecule has 0 aliphatic carbocycles. The molecule has 0 nitrogen and oxygen atoms in total. The van der Waals surface area contributed by atoms with Crippen molar-refractivity contribution < 1.29 is 0 Å². The van der Waals surface area contributed by atoms with E-state index in [-0.39, 0.29) is 0 Å². The summed E-state index contributed by atoms with van der Waals surface area (Å²) in [6.07, 6.45) is 3.43. The molecule has 0 radical (unpaired) electrons. The van der Waals surface area contributed by atoms with E-state index in [9.17, 15) is 0 Å². The topological polar surface area (TPSA) is 0 Å². The average molecular weight is 216 g/mol. The number of hydrogen-bond donors (Lipinski definition) is 0. The van der Waals surface area contributed by atoms with Crippen LogP contribution >= 0.6 is 11.8 Å². The van der Waals surface area contributed by atoms with Gasteiger partial charge in [0.2, 0.25) is 0 Å². The van der Waals surface area contributed by atoms with Crippen LogP contribution in [-0.2, 0) is 0 Å². The highest BCUT2D eigenvalue weighted by Gasteiger charge is 2.13. The average Bonchev–Trinajstić information content (AvgIpc) is 2.44. The third-order valence-corrected chi connectivity index (χ3v) is 4.03. The van der Waals surface area contributed by atoms with Gasteiger partial charge in [-0.3, -0.25) is 0 Å². The van der Waals surface area contributed by atoms with Crippen molar-refractivity contribution in [2.45, 2.75) is 20.3 Å². The van der Waals surface area contributed by atoms with Crippen molar-refractivity contribution in [3.05, 3.63) is 53.0 Å². The zero-order valence-corrected chi connectivity index (χ0v) is 10.1. The fourth-order valence-electron chi connectivity index (χ4n) is 1.75. The summed E-state index contributed by atoms with van der Waals surface area (Å²) in [5.74, 6) is 0.659. The number of hydrogen-bond acceptors (Lipinski definition) is 1. The molecule has 0 spiro atoms. The minimum atomic E-state index is 0.659. The molecule has 0 fully saturated rings. The molecule has 78 valence electrons. The molecule has 1 atom stereocenters. The van der Waals surface area contributed by atoms with Gasteiger partial charge in [-0.1, -0.05) is 60.7 Å². The van der Waals surface area contributed by atoms with E-state index in [2.05, 4.69) is 55.7 Å². The summed E-state index contributed by atoms with van der Waals surface area (Å²) in [6, 6.07) is 10.7. The van der Waals surface area contributed by atoms with E-state index in [1.165, 1.54) is 16.0 Å². The van der Waals surface area contributed by atoms with Crippen molar-refractivity contribution >= 4 is 16.7 Å². The van der Waals surface area contributed by atoms with E-state index in [4.69, 9.17) is 0 Å². The highest BCUT2D eigenvalue weighted by Crippen LogP contribution is 2.37. The fraction of sp³-hybridized carbons (Fsp3) is 0.286. The Labute approximate surface area is 96.1 Å². The van der Waals surface area contributed by atoms with Crippen molar-refractivity contribution in [1.82, 2.24) is 0 Å². The van der Waals surface area contributed by atoms with Gasteiger partial charge >= 0.3 is 0 Å². The first-order valence-corrected chi connectivity index (χ1v) is 6.25. The van der Waals surface area contributed by atoms with E-state index in [0.29, 0.717) is 5.92 Å². The van der Waals surface area contributed by atoms with E-state index < -0.39 is 0 Å². The Balaban J connectivity index is 2.42. The fourth-order valence-corrected chi connectivity index (χ4v) is 2.76. The van der Waals surface area contributed by atoms with Crippen LogP contribution in [0.25, 0.3) is 4.91 Å². The quantitative estimate of drug-likeness (QED) is 0.655. The molecule has 2 rings (SSSR count). The Bertz CT molecular complexity index is 387. The van der Waals surface area contributed by atoms with E-state index in [1.54, 1.807) is 0 Å². The van der Waals surface area contributed by atoms with E-state index in [0.717, 1.165) is 6.42 Å². The molecule has 0 N–H and O–H groups in total. The predicted octanol–water partition coefficient (Wildman–Crippen LogP) is 4.70. The second-order valence-corrected chi connectivity index (χ2v) is 4.92. The molecule has 0 saturated carbocycles. The first-order chi connectivity index (χ1) is 7.29. The van der Waals surface area contributed by atoms with Crippen LogP contribution in [0.5, 0.6) is 0 Å². The maximum atomic E-state index is 2.30. The zero-order chi connectivity index (χ0) is 10.7. The van der Waals surface area contributed by atoms with Gasteiger partial charge in [-0.25, -0.2) is 0 Å². The number of thioether (sulfide) groups is 1. The van der Waals surface area contributed by atoms with Crippen LogP contribution in [-0.4, -0.2) is 0 Å². The summed E-state index contributed by atoms with van der Waals surface area (Å²) in [7, 11) is 0. The lowest BCUT2D eigenvalue weighted by Crippen LogP contribution is -1.95. The molecule has 15 heavy (non-hydrogen) atoms. The van der Waals surface area contributed by atoms with Gasteiger partial charge in [-0.15, -0.1) is 0 Å². The molecule has 1 heterocycles. The molecule has 0 amide bonds. The second-order valence-electron chi connectivity index (χ2n) is 4.00. The summed E-state index contributed by atoms with van der Waals surface area (Å²) in [6.45, 7) is 4.56. The van der Waals surface area contributed by atoms with Crippen LogP contribution in [0.15, 0.2) is 47.4 Å². The number of rotatable bonds is 1. The third kappa shape index (κ3) is 2.35. The van der Waals surface area contributed by atoms with Gasteiger partial charge in [0.1, 0.15) is 0 Å². The highest BCUT2D eigenvalue weighted by molar-refractivity contribution is 8.11. The first-order valence-electron chi connectivity index (χ1n) is 5.37. The van der Waals surface area contributed by atoms with E-state index >= 15 is 0 Å². The Morgan fingerprint density at radius 2 is 1.93 bits per heavy atom. The van der Waals surface area contributed by atoms with Gasteiger partial charge in [0, 0.05) is 4.91 Å². The summed E-state index contributed by atoms with van der Waals surface area (Å²) in [5.41, 5.74) is 2.86. The molecule has 1 aromatic carbocycles. The van der Waals surface area contributed by atoms with Gasteiger partial charge in [0.05, 0.1) is 0 Å². The second kappa shape index (κ2) is 4.71. The molecule has 1 unspecified atom stereocenters. The lowest BCUT2D eigenvalue weighted by atomic mass is 9.97. The Kier molecular flexibility index (Phi) is 3.32. The first kappa shape index (κ1) is 10.6. The van der Waals surface area contributed by atoms with Gasteiger partial charge < -0.3 is 0 Å². The predicted molar refractivity (Wildman–Crippen MR) is 69.5 cm³/mol. The van der Waals surface area contributed by atoms with Crippen LogP contribution < -0.4 is 0 Å². The van der Waals surface area contributed by atoms with Crippen LogP contribution in [0.1, 0.15) is 25.8 Å². The number of allylic oxidation sites excluding steroid dienone is 2. The zero-order valence-electron chi connectivity index (χ0n) is 9.23. The van der Waals surface area contributed by atoms with Crippen molar-refractivity contribution in [2.75, 3.05) is 0 Å². The maximum Gasteiger partial charge on any atom is 0.0180 e. The Hall–Kier alpha value is -0.950. The van der Waals surface area contributed by atoms with Crippen molar-refractivity contribution in [3.63, 3.8) is 0 Å². The normalized spacial score (nSPS) is 21.6. The molecule has 1 aromatic rings. The van der Waals surface area contributed by atoms with Crippen LogP contribution in [0, 0.1) is 5.92 Å². The van der Waals surface area contributed by atoms with Gasteiger partial charge in [-0.2, -0.15) is 0 Å². The van der Waals surface area contributed by atoms with Crippen molar-refractivity contribution in [3.8, 4) is 0 Å². The molecule has 0 aromatic heterocycles. The Morgan fingerprint density at radius 1 is 1.20 bits per heavy atom. The highest BCUT2D eigenvalue weighted by atomic mass is 32.2. The van der Waals surface area contributed by atoms with Crippen LogP contribution in [0.2, 0.25) is 0 Å². The van der Waals surface area contributed by atoms with Gasteiger partial charge in [-0.05, 0) is 30.2 Å². The lowest BCUT2D eigenvalue weighted by molar-refractivity contribution is 0.701. The minimum absolute atomic E-state index is 0.659. The monoisotopic (exact) mass is 216 g/mol. The summed E-state index contributed by atoms with van der Waals surface area (Å²) < 4.78 is 0. The smallest absolute Gasteiger partial charge is 0.0180 e.